The Morgan fingerprint density at radius 1 is 1.47 bits per heavy atom. The molecule has 0 fully saturated rings. The van der Waals surface area contributed by atoms with Crippen LogP contribution in [-0.4, -0.2) is 34.2 Å². The fourth-order valence-electron chi connectivity index (χ4n) is 0.994. The number of carbonyl (C=O) groups is 1. The predicted octanol–water partition coefficient (Wildman–Crippen LogP) is 0.589. The molecule has 2 N–H and O–H groups in total. The quantitative estimate of drug-likeness (QED) is 0.607. The van der Waals surface area contributed by atoms with Crippen molar-refractivity contribution >= 4 is 27.3 Å². The fraction of sp³-hybridized carbons (Fsp3) is 0.444. The predicted molar refractivity (Wildman–Crippen MR) is 62.5 cm³/mol. The van der Waals surface area contributed by atoms with Gasteiger partial charge in [-0.1, -0.05) is 0 Å². The number of esters is 1. The van der Waals surface area contributed by atoms with Crippen molar-refractivity contribution in [2.45, 2.75) is 11.1 Å². The summed E-state index contributed by atoms with van der Waals surface area (Å²) in [5.41, 5.74) is 0.176. The standard InChI is InChI=1S/C9H13NO5S2/c1-2-14-3-4-15-9(11)7-5-8(16-6-7)17(10,12)13/h5-6H,2-4H2,1H3,(H2,10,12,13). The molecule has 0 saturated carbocycles. The number of hydrogen-bond donors (Lipinski definition) is 1. The van der Waals surface area contributed by atoms with E-state index in [0.29, 0.717) is 13.2 Å². The monoisotopic (exact) mass is 279 g/mol. The molecule has 0 aromatic carbocycles. The van der Waals surface area contributed by atoms with Gasteiger partial charge in [0.25, 0.3) is 0 Å². The molecule has 0 atom stereocenters. The molecule has 0 unspecified atom stereocenters. The van der Waals surface area contributed by atoms with E-state index in [1.54, 1.807) is 0 Å². The van der Waals surface area contributed by atoms with Gasteiger partial charge in [0, 0.05) is 12.0 Å². The maximum absolute atomic E-state index is 11.4. The second-order valence-corrected chi connectivity index (χ2v) is 5.73. The van der Waals surface area contributed by atoms with Gasteiger partial charge < -0.3 is 9.47 Å². The fourth-order valence-corrected chi connectivity index (χ4v) is 2.57. The van der Waals surface area contributed by atoms with E-state index in [1.807, 2.05) is 6.92 Å². The zero-order valence-corrected chi connectivity index (χ0v) is 10.8. The van der Waals surface area contributed by atoms with Crippen LogP contribution in [0, 0.1) is 0 Å². The van der Waals surface area contributed by atoms with Crippen molar-refractivity contribution in [3.8, 4) is 0 Å². The lowest BCUT2D eigenvalue weighted by Gasteiger charge is -2.02. The Labute approximate surface area is 103 Å². The van der Waals surface area contributed by atoms with Gasteiger partial charge in [-0.25, -0.2) is 18.4 Å². The van der Waals surface area contributed by atoms with Crippen LogP contribution in [0.5, 0.6) is 0 Å². The van der Waals surface area contributed by atoms with E-state index in [0.717, 1.165) is 11.3 Å². The van der Waals surface area contributed by atoms with Gasteiger partial charge in [-0.3, -0.25) is 0 Å². The van der Waals surface area contributed by atoms with Crippen LogP contribution in [0.4, 0.5) is 0 Å². The summed E-state index contributed by atoms with van der Waals surface area (Å²) in [6.07, 6.45) is 0. The number of hydrogen-bond acceptors (Lipinski definition) is 6. The van der Waals surface area contributed by atoms with Gasteiger partial charge >= 0.3 is 5.97 Å². The average molecular weight is 279 g/mol. The van der Waals surface area contributed by atoms with Gasteiger partial charge in [0.2, 0.25) is 10.0 Å². The molecule has 0 spiro atoms. The molecule has 8 heteroatoms. The van der Waals surface area contributed by atoms with E-state index in [-0.39, 0.29) is 16.4 Å². The maximum atomic E-state index is 11.4. The number of thiophene rings is 1. The number of rotatable bonds is 6. The highest BCUT2D eigenvalue weighted by Crippen LogP contribution is 2.19. The van der Waals surface area contributed by atoms with Crippen LogP contribution in [0.15, 0.2) is 15.7 Å². The summed E-state index contributed by atoms with van der Waals surface area (Å²) >= 11 is 0.883. The lowest BCUT2D eigenvalue weighted by Crippen LogP contribution is -2.11. The molecule has 0 bridgehead atoms. The molecule has 96 valence electrons. The molecule has 1 rings (SSSR count). The average Bonchev–Trinajstić information content (AvgIpc) is 2.72. The van der Waals surface area contributed by atoms with E-state index < -0.39 is 16.0 Å². The summed E-state index contributed by atoms with van der Waals surface area (Å²) < 4.78 is 31.8. The van der Waals surface area contributed by atoms with Gasteiger partial charge in [0.1, 0.15) is 10.8 Å². The number of carbonyl (C=O) groups excluding carboxylic acids is 1. The second kappa shape index (κ2) is 6.10. The zero-order valence-electron chi connectivity index (χ0n) is 9.21. The summed E-state index contributed by atoms with van der Waals surface area (Å²) in [4.78, 5) is 11.4. The van der Waals surface area contributed by atoms with E-state index >= 15 is 0 Å². The Kier molecular flexibility index (Phi) is 5.06. The Balaban J connectivity index is 2.56. The minimum atomic E-state index is -3.76. The summed E-state index contributed by atoms with van der Waals surface area (Å²) in [5, 5.41) is 6.31. The SMILES string of the molecule is CCOCCOC(=O)c1csc(S(N)(=O)=O)c1. The molecule has 0 amide bonds. The van der Waals surface area contributed by atoms with E-state index in [1.165, 1.54) is 11.4 Å². The van der Waals surface area contributed by atoms with Gasteiger partial charge in [-0.15, -0.1) is 11.3 Å². The Bertz CT molecular complexity index is 479. The summed E-state index contributed by atoms with van der Waals surface area (Å²) in [6.45, 7) is 2.83. The van der Waals surface area contributed by atoms with Crippen molar-refractivity contribution in [1.29, 1.82) is 0 Å². The van der Waals surface area contributed by atoms with E-state index in [2.05, 4.69) is 0 Å². The van der Waals surface area contributed by atoms with Gasteiger partial charge in [-0.2, -0.15) is 0 Å². The van der Waals surface area contributed by atoms with Crippen molar-refractivity contribution in [2.24, 2.45) is 5.14 Å². The lowest BCUT2D eigenvalue weighted by atomic mass is 10.3. The highest BCUT2D eigenvalue weighted by molar-refractivity contribution is 7.91. The number of nitrogens with two attached hydrogens (primary N) is 1. The van der Waals surface area contributed by atoms with Crippen LogP contribution in [0.1, 0.15) is 17.3 Å². The maximum Gasteiger partial charge on any atom is 0.339 e. The third-order valence-corrected chi connectivity index (χ3v) is 4.14. The zero-order chi connectivity index (χ0) is 12.9. The van der Waals surface area contributed by atoms with Crippen LogP contribution < -0.4 is 5.14 Å². The van der Waals surface area contributed by atoms with Crippen LogP contribution in [0.2, 0.25) is 0 Å². The third kappa shape index (κ3) is 4.43. The molecule has 1 aromatic heterocycles. The van der Waals surface area contributed by atoms with Gasteiger partial charge in [0.05, 0.1) is 12.2 Å². The summed E-state index contributed by atoms with van der Waals surface area (Å²) in [7, 11) is -3.76. The Hall–Kier alpha value is -0.960. The Morgan fingerprint density at radius 2 is 2.18 bits per heavy atom. The smallest absolute Gasteiger partial charge is 0.339 e. The first-order valence-electron chi connectivity index (χ1n) is 4.81. The van der Waals surface area contributed by atoms with Crippen LogP contribution >= 0.6 is 11.3 Å². The number of sulfonamides is 1. The van der Waals surface area contributed by atoms with Crippen molar-refractivity contribution in [1.82, 2.24) is 0 Å². The molecule has 0 radical (unpaired) electrons. The number of ether oxygens (including phenoxy) is 2. The topological polar surface area (TPSA) is 95.7 Å². The highest BCUT2D eigenvalue weighted by Gasteiger charge is 2.15. The first-order chi connectivity index (χ1) is 7.95. The normalized spacial score (nSPS) is 11.4. The van der Waals surface area contributed by atoms with Crippen molar-refractivity contribution in [3.63, 3.8) is 0 Å². The summed E-state index contributed by atoms with van der Waals surface area (Å²) in [5.74, 6) is -0.587. The van der Waals surface area contributed by atoms with Crippen LogP contribution in [0.25, 0.3) is 0 Å². The van der Waals surface area contributed by atoms with Crippen molar-refractivity contribution < 1.29 is 22.7 Å². The minimum absolute atomic E-state index is 0.0609. The van der Waals surface area contributed by atoms with Crippen LogP contribution in [0.3, 0.4) is 0 Å². The first-order valence-corrected chi connectivity index (χ1v) is 7.24. The Morgan fingerprint density at radius 3 is 2.71 bits per heavy atom. The second-order valence-electron chi connectivity index (χ2n) is 3.03. The van der Waals surface area contributed by atoms with E-state index in [9.17, 15) is 13.2 Å². The molecule has 0 aliphatic carbocycles. The lowest BCUT2D eigenvalue weighted by molar-refractivity contribution is 0.0336. The molecule has 0 aliphatic heterocycles. The van der Waals surface area contributed by atoms with Crippen molar-refractivity contribution in [2.75, 3.05) is 19.8 Å². The first kappa shape index (κ1) is 14.1. The minimum Gasteiger partial charge on any atom is -0.460 e. The largest absolute Gasteiger partial charge is 0.460 e. The molecular weight excluding hydrogens is 266 g/mol. The molecule has 17 heavy (non-hydrogen) atoms. The molecule has 1 aromatic rings. The molecule has 1 heterocycles. The molecule has 0 saturated heterocycles. The van der Waals surface area contributed by atoms with Gasteiger partial charge in [0.15, 0.2) is 0 Å². The van der Waals surface area contributed by atoms with E-state index in [4.69, 9.17) is 14.6 Å². The molecule has 6 nitrogen and oxygen atoms in total. The highest BCUT2D eigenvalue weighted by atomic mass is 32.2. The van der Waals surface area contributed by atoms with Crippen molar-refractivity contribution in [3.05, 3.63) is 17.0 Å². The van der Waals surface area contributed by atoms with Gasteiger partial charge in [-0.05, 0) is 13.0 Å². The summed E-state index contributed by atoms with van der Waals surface area (Å²) in [6, 6.07) is 1.20. The molecular formula is C9H13NO5S2. The molecule has 0 aliphatic rings. The van der Waals surface area contributed by atoms with Crippen LogP contribution in [-0.2, 0) is 19.5 Å². The number of primary sulfonamides is 1. The third-order valence-electron chi connectivity index (χ3n) is 1.76.